The predicted octanol–water partition coefficient (Wildman–Crippen LogP) is 1.96. The molecule has 1 aromatic carbocycles. The summed E-state index contributed by atoms with van der Waals surface area (Å²) in [6.07, 6.45) is 0. The van der Waals surface area contributed by atoms with Crippen LogP contribution in [0, 0.1) is 13.8 Å². The number of carbonyl (C=O) groups is 1. The van der Waals surface area contributed by atoms with Crippen LogP contribution in [0.5, 0.6) is 5.75 Å². The van der Waals surface area contributed by atoms with Crippen molar-refractivity contribution in [1.29, 1.82) is 0 Å². The zero-order chi connectivity index (χ0) is 16.3. The van der Waals surface area contributed by atoms with Crippen molar-refractivity contribution >= 4 is 11.9 Å². The SMILES string of the molecule is Cc1ccc(OCc2nc(N)nc(C)c2C(=O)N(C)C)cc1. The summed E-state index contributed by atoms with van der Waals surface area (Å²) in [5.41, 5.74) is 8.32. The number of nitrogen functional groups attached to an aromatic ring is 1. The number of nitrogens with zero attached hydrogens (tertiary/aromatic N) is 3. The van der Waals surface area contributed by atoms with Gasteiger partial charge in [0.15, 0.2) is 0 Å². The molecule has 0 radical (unpaired) electrons. The zero-order valence-electron chi connectivity index (χ0n) is 13.3. The summed E-state index contributed by atoms with van der Waals surface area (Å²) in [6, 6.07) is 7.67. The number of benzene rings is 1. The van der Waals surface area contributed by atoms with E-state index in [-0.39, 0.29) is 18.5 Å². The minimum atomic E-state index is -0.167. The van der Waals surface area contributed by atoms with E-state index in [0.717, 1.165) is 5.56 Å². The lowest BCUT2D eigenvalue weighted by Gasteiger charge is -2.16. The van der Waals surface area contributed by atoms with Crippen molar-refractivity contribution < 1.29 is 9.53 Å². The highest BCUT2D eigenvalue weighted by atomic mass is 16.5. The molecule has 116 valence electrons. The molecule has 6 nitrogen and oxygen atoms in total. The van der Waals surface area contributed by atoms with Crippen molar-refractivity contribution in [2.24, 2.45) is 0 Å². The molecule has 0 spiro atoms. The Balaban J connectivity index is 2.29. The third-order valence-corrected chi connectivity index (χ3v) is 3.20. The van der Waals surface area contributed by atoms with Gasteiger partial charge in [-0.1, -0.05) is 17.7 Å². The summed E-state index contributed by atoms with van der Waals surface area (Å²) in [5, 5.41) is 0. The number of carbonyl (C=O) groups excluding carboxylic acids is 1. The standard InChI is InChI=1S/C16H20N4O2/c1-10-5-7-12(8-6-10)22-9-13-14(15(21)20(3)4)11(2)18-16(17)19-13/h5-8H,9H2,1-4H3,(H2,17,18,19). The fourth-order valence-corrected chi connectivity index (χ4v) is 2.05. The highest BCUT2D eigenvalue weighted by molar-refractivity contribution is 5.96. The van der Waals surface area contributed by atoms with Gasteiger partial charge >= 0.3 is 0 Å². The van der Waals surface area contributed by atoms with E-state index in [4.69, 9.17) is 10.5 Å². The Bertz CT molecular complexity index is 681. The molecule has 0 fully saturated rings. The molecular formula is C16H20N4O2. The first kappa shape index (κ1) is 15.8. The van der Waals surface area contributed by atoms with E-state index in [0.29, 0.717) is 22.7 Å². The fraction of sp³-hybridized carbons (Fsp3) is 0.312. The van der Waals surface area contributed by atoms with Gasteiger partial charge in [-0.15, -0.1) is 0 Å². The van der Waals surface area contributed by atoms with Crippen molar-refractivity contribution in [3.8, 4) is 5.75 Å². The maximum Gasteiger partial charge on any atom is 0.257 e. The summed E-state index contributed by atoms with van der Waals surface area (Å²) >= 11 is 0. The highest BCUT2D eigenvalue weighted by Gasteiger charge is 2.20. The van der Waals surface area contributed by atoms with Crippen LogP contribution in [0.3, 0.4) is 0 Å². The highest BCUT2D eigenvalue weighted by Crippen LogP contribution is 2.18. The first-order chi connectivity index (χ1) is 10.4. The van der Waals surface area contributed by atoms with E-state index in [2.05, 4.69) is 9.97 Å². The average Bonchev–Trinajstić information content (AvgIpc) is 2.45. The van der Waals surface area contributed by atoms with Crippen molar-refractivity contribution in [1.82, 2.24) is 14.9 Å². The summed E-state index contributed by atoms with van der Waals surface area (Å²) in [4.78, 5) is 22.0. The molecule has 6 heteroatoms. The van der Waals surface area contributed by atoms with Crippen LogP contribution in [-0.2, 0) is 6.61 Å². The molecule has 0 saturated carbocycles. The lowest BCUT2D eigenvalue weighted by atomic mass is 10.1. The summed E-state index contributed by atoms with van der Waals surface area (Å²) in [7, 11) is 3.37. The monoisotopic (exact) mass is 300 g/mol. The van der Waals surface area contributed by atoms with Gasteiger partial charge in [-0.2, -0.15) is 0 Å². The van der Waals surface area contributed by atoms with Crippen LogP contribution < -0.4 is 10.5 Å². The molecule has 2 rings (SSSR count). The number of nitrogens with two attached hydrogens (primary N) is 1. The van der Waals surface area contributed by atoms with Crippen LogP contribution in [0.25, 0.3) is 0 Å². The van der Waals surface area contributed by atoms with Crippen LogP contribution in [-0.4, -0.2) is 34.9 Å². The molecule has 0 bridgehead atoms. The number of anilines is 1. The summed E-state index contributed by atoms with van der Waals surface area (Å²) < 4.78 is 5.71. The lowest BCUT2D eigenvalue weighted by molar-refractivity contribution is 0.0823. The quantitative estimate of drug-likeness (QED) is 0.933. The third-order valence-electron chi connectivity index (χ3n) is 3.20. The number of amides is 1. The number of ether oxygens (including phenoxy) is 1. The van der Waals surface area contributed by atoms with Gasteiger partial charge in [-0.3, -0.25) is 4.79 Å². The van der Waals surface area contributed by atoms with E-state index in [1.807, 2.05) is 31.2 Å². The topological polar surface area (TPSA) is 81.3 Å². The predicted molar refractivity (Wildman–Crippen MR) is 84.7 cm³/mol. The third kappa shape index (κ3) is 3.52. The van der Waals surface area contributed by atoms with E-state index in [1.165, 1.54) is 4.90 Å². The van der Waals surface area contributed by atoms with Crippen molar-refractivity contribution in [3.63, 3.8) is 0 Å². The largest absolute Gasteiger partial charge is 0.487 e. The van der Waals surface area contributed by atoms with Gasteiger partial charge in [0.2, 0.25) is 5.95 Å². The van der Waals surface area contributed by atoms with Crippen LogP contribution in [0.15, 0.2) is 24.3 Å². The van der Waals surface area contributed by atoms with Gasteiger partial charge in [0.25, 0.3) is 5.91 Å². The van der Waals surface area contributed by atoms with Crippen LogP contribution in [0.2, 0.25) is 0 Å². The molecule has 0 unspecified atom stereocenters. The Morgan fingerprint density at radius 3 is 2.41 bits per heavy atom. The Hall–Kier alpha value is -2.63. The van der Waals surface area contributed by atoms with Crippen LogP contribution in [0.1, 0.15) is 27.3 Å². The first-order valence-corrected chi connectivity index (χ1v) is 6.92. The molecule has 1 amide bonds. The normalized spacial score (nSPS) is 10.4. The number of rotatable bonds is 4. The lowest BCUT2D eigenvalue weighted by Crippen LogP contribution is -2.26. The second-order valence-electron chi connectivity index (χ2n) is 5.29. The van der Waals surface area contributed by atoms with E-state index >= 15 is 0 Å². The molecule has 1 aromatic heterocycles. The van der Waals surface area contributed by atoms with Crippen molar-refractivity contribution in [3.05, 3.63) is 46.8 Å². The zero-order valence-corrected chi connectivity index (χ0v) is 13.3. The Kier molecular flexibility index (Phi) is 4.60. The minimum absolute atomic E-state index is 0.135. The van der Waals surface area contributed by atoms with Crippen LogP contribution in [0.4, 0.5) is 5.95 Å². The molecule has 0 saturated heterocycles. The second-order valence-corrected chi connectivity index (χ2v) is 5.29. The molecule has 0 atom stereocenters. The Morgan fingerprint density at radius 2 is 1.82 bits per heavy atom. The van der Waals surface area contributed by atoms with E-state index in [1.54, 1.807) is 21.0 Å². The Morgan fingerprint density at radius 1 is 1.18 bits per heavy atom. The van der Waals surface area contributed by atoms with E-state index < -0.39 is 0 Å². The van der Waals surface area contributed by atoms with Gasteiger partial charge in [-0.25, -0.2) is 9.97 Å². The molecule has 0 aliphatic carbocycles. The molecule has 0 aliphatic heterocycles. The van der Waals surface area contributed by atoms with Crippen molar-refractivity contribution in [2.75, 3.05) is 19.8 Å². The molecular weight excluding hydrogens is 280 g/mol. The second kappa shape index (κ2) is 6.43. The molecule has 2 aromatic rings. The van der Waals surface area contributed by atoms with Gasteiger partial charge in [0.05, 0.1) is 17.0 Å². The first-order valence-electron chi connectivity index (χ1n) is 6.92. The Labute approximate surface area is 129 Å². The maximum atomic E-state index is 12.3. The fourth-order valence-electron chi connectivity index (χ4n) is 2.05. The number of aromatic nitrogens is 2. The van der Waals surface area contributed by atoms with Gasteiger partial charge in [-0.05, 0) is 26.0 Å². The molecule has 22 heavy (non-hydrogen) atoms. The number of aryl methyl sites for hydroxylation is 2. The van der Waals surface area contributed by atoms with Crippen LogP contribution >= 0.6 is 0 Å². The average molecular weight is 300 g/mol. The smallest absolute Gasteiger partial charge is 0.257 e. The van der Waals surface area contributed by atoms with E-state index in [9.17, 15) is 4.79 Å². The summed E-state index contributed by atoms with van der Waals surface area (Å²) in [5.74, 6) is 0.680. The number of hydrogen-bond donors (Lipinski definition) is 1. The minimum Gasteiger partial charge on any atom is -0.487 e. The van der Waals surface area contributed by atoms with Gasteiger partial charge in [0.1, 0.15) is 12.4 Å². The molecule has 0 aliphatic rings. The van der Waals surface area contributed by atoms with Gasteiger partial charge in [0, 0.05) is 14.1 Å². The maximum absolute atomic E-state index is 12.3. The van der Waals surface area contributed by atoms with Gasteiger partial charge < -0.3 is 15.4 Å². The summed E-state index contributed by atoms with van der Waals surface area (Å²) in [6.45, 7) is 3.90. The molecule has 1 heterocycles. The van der Waals surface area contributed by atoms with Crippen molar-refractivity contribution in [2.45, 2.75) is 20.5 Å². The number of hydrogen-bond acceptors (Lipinski definition) is 5. The molecule has 2 N–H and O–H groups in total.